The Morgan fingerprint density at radius 1 is 0.923 bits per heavy atom. The predicted octanol–water partition coefficient (Wildman–Crippen LogP) is 1.86. The lowest BCUT2D eigenvalue weighted by atomic mass is 10.0. The largest absolute Gasteiger partial charge is 0.871 e. The number of Topliss-reactive ketones (excluding diaryl/α,β-unsaturated/α-hetero) is 2. The van der Waals surface area contributed by atoms with E-state index in [2.05, 4.69) is 4.99 Å². The van der Waals surface area contributed by atoms with E-state index in [9.17, 15) is 14.7 Å². The lowest BCUT2D eigenvalue weighted by Crippen LogP contribution is -2.13. The topological polar surface area (TPSA) is 72.8 Å². The van der Waals surface area contributed by atoms with Crippen molar-refractivity contribution >= 4 is 28.5 Å². The highest BCUT2D eigenvalue weighted by Crippen LogP contribution is 2.33. The lowest BCUT2D eigenvalue weighted by Gasteiger charge is -2.15. The maximum atomic E-state index is 12.8. The molecule has 1 aromatic carbocycles. The zero-order valence-corrected chi connectivity index (χ0v) is 14.9. The summed E-state index contributed by atoms with van der Waals surface area (Å²) in [5.74, 6) is -2.01. The Labute approximate surface area is 152 Å². The van der Waals surface area contributed by atoms with Crippen LogP contribution < -0.4 is 10.0 Å². The van der Waals surface area contributed by atoms with E-state index in [1.54, 1.807) is 36.4 Å². The summed E-state index contributed by atoms with van der Waals surface area (Å²) < 4.78 is 0. The Morgan fingerprint density at radius 2 is 1.50 bits per heavy atom. The Balaban J connectivity index is 2.05. The molecule has 2 aliphatic carbocycles. The average molecular weight is 347 g/mol. The van der Waals surface area contributed by atoms with Gasteiger partial charge in [-0.3, -0.25) is 14.6 Å². The molecule has 0 radical (unpaired) electrons. The Kier molecular flexibility index (Phi) is 4.71. The third-order valence-electron chi connectivity index (χ3n) is 4.28. The zero-order chi connectivity index (χ0) is 18.8. The van der Waals surface area contributed by atoms with Gasteiger partial charge in [0.15, 0.2) is 0 Å². The van der Waals surface area contributed by atoms with E-state index < -0.39 is 17.3 Å². The SMILES string of the molecule is CCN=C1C=CC(=C2C(=O)C(=O)C(c3ccc(N(C)C)cc3)=C2[O-])C=C1. The van der Waals surface area contributed by atoms with Gasteiger partial charge in [0.1, 0.15) is 0 Å². The van der Waals surface area contributed by atoms with Gasteiger partial charge in [-0.1, -0.05) is 30.0 Å². The quantitative estimate of drug-likeness (QED) is 0.618. The van der Waals surface area contributed by atoms with Crippen LogP contribution in [0.1, 0.15) is 12.5 Å². The number of carbonyl (C=O) groups excluding carboxylic acids is 2. The number of benzene rings is 1. The number of allylic oxidation sites excluding steroid dienone is 7. The van der Waals surface area contributed by atoms with Gasteiger partial charge >= 0.3 is 0 Å². The molecule has 1 aromatic rings. The van der Waals surface area contributed by atoms with Gasteiger partial charge in [0, 0.05) is 37.5 Å². The third-order valence-corrected chi connectivity index (χ3v) is 4.28. The van der Waals surface area contributed by atoms with E-state index in [4.69, 9.17) is 0 Å². The van der Waals surface area contributed by atoms with Crippen LogP contribution in [0.4, 0.5) is 5.69 Å². The van der Waals surface area contributed by atoms with Crippen molar-refractivity contribution in [2.24, 2.45) is 4.99 Å². The molecule has 0 saturated heterocycles. The lowest BCUT2D eigenvalue weighted by molar-refractivity contribution is -0.294. The maximum Gasteiger partial charge on any atom is 0.233 e. The minimum absolute atomic E-state index is 0.0578. The van der Waals surface area contributed by atoms with Crippen molar-refractivity contribution in [3.8, 4) is 0 Å². The molecule has 0 unspecified atom stereocenters. The minimum atomic E-state index is -0.748. The first-order valence-corrected chi connectivity index (χ1v) is 8.37. The highest BCUT2D eigenvalue weighted by molar-refractivity contribution is 6.63. The second-order valence-corrected chi connectivity index (χ2v) is 6.20. The van der Waals surface area contributed by atoms with Crippen LogP contribution in [-0.4, -0.2) is 37.9 Å². The van der Waals surface area contributed by atoms with Gasteiger partial charge in [0.05, 0.1) is 5.71 Å². The van der Waals surface area contributed by atoms with Gasteiger partial charge in [-0.25, -0.2) is 0 Å². The molecule has 0 amide bonds. The summed E-state index contributed by atoms with van der Waals surface area (Å²) in [5.41, 5.74) is 2.50. The van der Waals surface area contributed by atoms with E-state index in [1.165, 1.54) is 0 Å². The van der Waals surface area contributed by atoms with Crippen LogP contribution >= 0.6 is 0 Å². The van der Waals surface area contributed by atoms with Crippen LogP contribution in [0.5, 0.6) is 0 Å². The molecule has 0 fully saturated rings. The van der Waals surface area contributed by atoms with Gasteiger partial charge in [0.25, 0.3) is 0 Å². The van der Waals surface area contributed by atoms with Crippen molar-refractivity contribution < 1.29 is 14.7 Å². The first kappa shape index (κ1) is 17.6. The van der Waals surface area contributed by atoms with E-state index in [1.807, 2.05) is 38.1 Å². The molecule has 0 N–H and O–H groups in total. The summed E-state index contributed by atoms with van der Waals surface area (Å²) in [5, 5.41) is 12.8. The van der Waals surface area contributed by atoms with Crippen LogP contribution in [-0.2, 0) is 9.59 Å². The number of rotatable bonds is 3. The summed E-state index contributed by atoms with van der Waals surface area (Å²) >= 11 is 0. The van der Waals surface area contributed by atoms with Crippen molar-refractivity contribution in [2.75, 3.05) is 25.5 Å². The molecule has 2 aliphatic rings. The van der Waals surface area contributed by atoms with E-state index >= 15 is 0 Å². The monoisotopic (exact) mass is 347 g/mol. The molecule has 26 heavy (non-hydrogen) atoms. The fraction of sp³-hybridized carbons (Fsp3) is 0.190. The smallest absolute Gasteiger partial charge is 0.233 e. The maximum absolute atomic E-state index is 12.8. The van der Waals surface area contributed by atoms with Crippen molar-refractivity contribution in [3.63, 3.8) is 0 Å². The fourth-order valence-electron chi connectivity index (χ4n) is 2.92. The second-order valence-electron chi connectivity index (χ2n) is 6.20. The van der Waals surface area contributed by atoms with Crippen LogP contribution in [0, 0.1) is 0 Å². The Morgan fingerprint density at radius 3 is 2.04 bits per heavy atom. The number of hydrogen-bond donors (Lipinski definition) is 0. The molecular weight excluding hydrogens is 328 g/mol. The molecule has 0 spiro atoms. The highest BCUT2D eigenvalue weighted by atomic mass is 16.3. The molecule has 0 atom stereocenters. The molecule has 3 rings (SSSR count). The minimum Gasteiger partial charge on any atom is -0.871 e. The molecule has 0 aliphatic heterocycles. The number of aliphatic imine (C=N–C) groups is 1. The molecule has 132 valence electrons. The van der Waals surface area contributed by atoms with Crippen LogP contribution in [0.15, 0.2) is 70.5 Å². The van der Waals surface area contributed by atoms with Gasteiger partial charge in [-0.05, 0) is 42.3 Å². The Bertz CT molecular complexity index is 909. The Hall–Kier alpha value is -3.21. The zero-order valence-electron chi connectivity index (χ0n) is 14.9. The summed E-state index contributed by atoms with van der Waals surface area (Å²) in [6, 6.07) is 7.01. The van der Waals surface area contributed by atoms with Gasteiger partial charge < -0.3 is 10.0 Å². The number of nitrogens with zero attached hydrogens (tertiary/aromatic N) is 2. The standard InChI is InChI=1S/C21H20N2O3/c1-4-22-15-9-5-13(6-10-15)17-19(24)18(21(26)20(17)25)14-7-11-16(12-8-14)23(2)3/h5-12,24H,4H2,1-3H3/p-1. The fourth-order valence-corrected chi connectivity index (χ4v) is 2.92. The molecule has 0 bridgehead atoms. The molecule has 0 saturated carbocycles. The first-order valence-electron chi connectivity index (χ1n) is 8.37. The molecule has 5 heteroatoms. The van der Waals surface area contributed by atoms with E-state index in [0.29, 0.717) is 17.7 Å². The van der Waals surface area contributed by atoms with Crippen LogP contribution in [0.2, 0.25) is 0 Å². The first-order chi connectivity index (χ1) is 12.4. The second kappa shape index (κ2) is 6.96. The van der Waals surface area contributed by atoms with E-state index in [-0.39, 0.29) is 11.1 Å². The normalized spacial score (nSPS) is 16.8. The van der Waals surface area contributed by atoms with Crippen molar-refractivity contribution in [2.45, 2.75) is 6.92 Å². The van der Waals surface area contributed by atoms with Gasteiger partial charge in [0.2, 0.25) is 11.6 Å². The van der Waals surface area contributed by atoms with Gasteiger partial charge in [-0.2, -0.15) is 0 Å². The molecule has 5 nitrogen and oxygen atoms in total. The van der Waals surface area contributed by atoms with Crippen molar-refractivity contribution in [3.05, 3.63) is 71.0 Å². The summed E-state index contributed by atoms with van der Waals surface area (Å²) in [7, 11) is 3.80. The number of anilines is 1. The number of carbonyl (C=O) groups is 2. The average Bonchev–Trinajstić information content (AvgIpc) is 2.85. The summed E-state index contributed by atoms with van der Waals surface area (Å²) in [6.07, 6.45) is 6.79. The van der Waals surface area contributed by atoms with E-state index in [0.717, 1.165) is 11.4 Å². The molecule has 0 aromatic heterocycles. The van der Waals surface area contributed by atoms with Crippen molar-refractivity contribution in [1.29, 1.82) is 0 Å². The highest BCUT2D eigenvalue weighted by Gasteiger charge is 2.33. The number of ketones is 2. The summed E-state index contributed by atoms with van der Waals surface area (Å²) in [4.78, 5) is 31.0. The predicted molar refractivity (Wildman–Crippen MR) is 101 cm³/mol. The number of hydrogen-bond acceptors (Lipinski definition) is 5. The van der Waals surface area contributed by atoms with Crippen LogP contribution in [0.3, 0.4) is 0 Å². The van der Waals surface area contributed by atoms with Crippen LogP contribution in [0.25, 0.3) is 5.57 Å². The van der Waals surface area contributed by atoms with Crippen molar-refractivity contribution in [1.82, 2.24) is 0 Å². The summed E-state index contributed by atoms with van der Waals surface area (Å²) in [6.45, 7) is 2.57. The van der Waals surface area contributed by atoms with Gasteiger partial charge in [-0.15, -0.1) is 0 Å². The molecular formula is C21H19N2O3-. The third kappa shape index (κ3) is 3.04. The molecule has 0 heterocycles.